The summed E-state index contributed by atoms with van der Waals surface area (Å²) in [6, 6.07) is 0. The Hall–Kier alpha value is -1.25. The van der Waals surface area contributed by atoms with E-state index in [-0.39, 0.29) is 17.1 Å². The van der Waals surface area contributed by atoms with E-state index in [0.717, 1.165) is 6.26 Å². The molecular formula is C7H8O3. The highest BCUT2D eigenvalue weighted by Gasteiger charge is 2.12. The number of hydrogen-bond acceptors (Lipinski definition) is 3. The number of furan rings is 1. The van der Waals surface area contributed by atoms with Gasteiger partial charge in [0.1, 0.15) is 17.6 Å². The molecule has 0 aromatic carbocycles. The molecule has 0 fully saturated rings. The van der Waals surface area contributed by atoms with Gasteiger partial charge in [-0.15, -0.1) is 0 Å². The molecule has 0 bridgehead atoms. The molecule has 0 saturated heterocycles. The molecule has 1 N–H and O–H groups in total. The molecule has 3 nitrogen and oxygen atoms in total. The van der Waals surface area contributed by atoms with Gasteiger partial charge in [0.05, 0.1) is 0 Å². The van der Waals surface area contributed by atoms with Crippen molar-refractivity contribution in [3.8, 4) is 5.75 Å². The summed E-state index contributed by atoms with van der Waals surface area (Å²) in [7, 11) is 0. The molecule has 1 heterocycles. The molecule has 0 spiro atoms. The summed E-state index contributed by atoms with van der Waals surface area (Å²) in [6.07, 6.45) is 1.16. The predicted octanol–water partition coefficient (Wildman–Crippen LogP) is 1.50. The summed E-state index contributed by atoms with van der Waals surface area (Å²) in [6.45, 7) is 3.02. The van der Waals surface area contributed by atoms with E-state index >= 15 is 0 Å². The van der Waals surface area contributed by atoms with Gasteiger partial charge in [-0.2, -0.15) is 0 Å². The van der Waals surface area contributed by atoms with Gasteiger partial charge in [0, 0.05) is 0 Å². The van der Waals surface area contributed by atoms with E-state index < -0.39 is 0 Å². The van der Waals surface area contributed by atoms with Crippen LogP contribution in [-0.2, 0) is 0 Å². The van der Waals surface area contributed by atoms with Crippen LogP contribution in [0.1, 0.15) is 23.0 Å². The molecule has 3 heteroatoms. The highest BCUT2D eigenvalue weighted by atomic mass is 16.4. The molecule has 0 amide bonds. The van der Waals surface area contributed by atoms with E-state index in [1.54, 1.807) is 6.92 Å². The SMILES string of the molecule is CC(=O)c1c(O)coc1C. The van der Waals surface area contributed by atoms with Gasteiger partial charge in [0.15, 0.2) is 11.5 Å². The maximum atomic E-state index is 10.7. The number of carbonyl (C=O) groups excluding carboxylic acids is 1. The fourth-order valence-electron chi connectivity index (χ4n) is 0.871. The third kappa shape index (κ3) is 0.900. The first-order chi connectivity index (χ1) is 4.63. The minimum absolute atomic E-state index is 0.0787. The van der Waals surface area contributed by atoms with E-state index in [1.165, 1.54) is 6.92 Å². The van der Waals surface area contributed by atoms with Crippen LogP contribution < -0.4 is 0 Å². The smallest absolute Gasteiger partial charge is 0.167 e. The zero-order valence-corrected chi connectivity index (χ0v) is 5.84. The van der Waals surface area contributed by atoms with Crippen molar-refractivity contribution >= 4 is 5.78 Å². The van der Waals surface area contributed by atoms with Crippen LogP contribution in [0.15, 0.2) is 10.7 Å². The Balaban J connectivity index is 3.23. The fraction of sp³-hybridized carbons (Fsp3) is 0.286. The van der Waals surface area contributed by atoms with Gasteiger partial charge in [0.2, 0.25) is 0 Å². The number of carbonyl (C=O) groups is 1. The highest BCUT2D eigenvalue weighted by Crippen LogP contribution is 2.22. The normalized spacial score (nSPS) is 9.80. The molecule has 1 rings (SSSR count). The maximum absolute atomic E-state index is 10.7. The minimum Gasteiger partial charge on any atom is -0.504 e. The summed E-state index contributed by atoms with van der Waals surface area (Å²) < 4.78 is 4.79. The van der Waals surface area contributed by atoms with Gasteiger partial charge < -0.3 is 9.52 Å². The lowest BCUT2D eigenvalue weighted by atomic mass is 10.2. The van der Waals surface area contributed by atoms with E-state index in [2.05, 4.69) is 0 Å². The van der Waals surface area contributed by atoms with E-state index in [0.29, 0.717) is 5.76 Å². The van der Waals surface area contributed by atoms with Crippen molar-refractivity contribution < 1.29 is 14.3 Å². The van der Waals surface area contributed by atoms with Gasteiger partial charge in [-0.25, -0.2) is 0 Å². The van der Waals surface area contributed by atoms with Crippen LogP contribution in [0.25, 0.3) is 0 Å². The number of aryl methyl sites for hydroxylation is 1. The van der Waals surface area contributed by atoms with Crippen LogP contribution in [0.5, 0.6) is 5.75 Å². The summed E-state index contributed by atoms with van der Waals surface area (Å²) in [5, 5.41) is 8.99. The van der Waals surface area contributed by atoms with Crippen LogP contribution in [0.4, 0.5) is 0 Å². The molecule has 54 valence electrons. The summed E-state index contributed by atoms with van der Waals surface area (Å²) in [5.41, 5.74) is 0.278. The van der Waals surface area contributed by atoms with Crippen molar-refractivity contribution in [2.75, 3.05) is 0 Å². The third-order valence-electron chi connectivity index (χ3n) is 1.31. The topological polar surface area (TPSA) is 50.4 Å². The van der Waals surface area contributed by atoms with Crippen LogP contribution in [0, 0.1) is 6.92 Å². The second kappa shape index (κ2) is 2.17. The van der Waals surface area contributed by atoms with Crippen LogP contribution in [0.3, 0.4) is 0 Å². The molecule has 0 radical (unpaired) electrons. The van der Waals surface area contributed by atoms with Gasteiger partial charge in [-0.3, -0.25) is 4.79 Å². The molecule has 1 aromatic rings. The number of ketones is 1. The summed E-state index contributed by atoms with van der Waals surface area (Å²) >= 11 is 0. The van der Waals surface area contributed by atoms with Gasteiger partial charge in [-0.05, 0) is 13.8 Å². The minimum atomic E-state index is -0.177. The molecular weight excluding hydrogens is 132 g/mol. The predicted molar refractivity (Wildman–Crippen MR) is 35.1 cm³/mol. The number of Topliss-reactive ketones (excluding diaryl/α,β-unsaturated/α-hetero) is 1. The second-order valence-corrected chi connectivity index (χ2v) is 2.11. The number of rotatable bonds is 1. The molecule has 0 aliphatic carbocycles. The zero-order valence-electron chi connectivity index (χ0n) is 5.84. The molecule has 1 aromatic heterocycles. The molecule has 0 unspecified atom stereocenters. The molecule has 10 heavy (non-hydrogen) atoms. The average Bonchev–Trinajstić information content (AvgIpc) is 2.11. The molecule has 0 saturated carbocycles. The standard InChI is InChI=1S/C7H8O3/c1-4(8)7-5(2)10-3-6(7)9/h3,9H,1-2H3. The lowest BCUT2D eigenvalue weighted by Crippen LogP contribution is -1.91. The first-order valence-electron chi connectivity index (χ1n) is 2.91. The van der Waals surface area contributed by atoms with Crippen molar-refractivity contribution in [3.63, 3.8) is 0 Å². The fourth-order valence-corrected chi connectivity index (χ4v) is 0.871. The lowest BCUT2D eigenvalue weighted by Gasteiger charge is -1.89. The van der Waals surface area contributed by atoms with Crippen molar-refractivity contribution in [1.82, 2.24) is 0 Å². The van der Waals surface area contributed by atoms with Crippen molar-refractivity contribution in [2.24, 2.45) is 0 Å². The number of hydrogen-bond donors (Lipinski definition) is 1. The van der Waals surface area contributed by atoms with Crippen molar-refractivity contribution in [3.05, 3.63) is 17.6 Å². The quantitative estimate of drug-likeness (QED) is 0.601. The third-order valence-corrected chi connectivity index (χ3v) is 1.31. The highest BCUT2D eigenvalue weighted by molar-refractivity contribution is 5.97. The van der Waals surface area contributed by atoms with Gasteiger partial charge >= 0.3 is 0 Å². The largest absolute Gasteiger partial charge is 0.504 e. The van der Waals surface area contributed by atoms with Crippen molar-refractivity contribution in [2.45, 2.75) is 13.8 Å². The average molecular weight is 140 g/mol. The van der Waals surface area contributed by atoms with Crippen LogP contribution in [0.2, 0.25) is 0 Å². The molecule has 0 aliphatic rings. The van der Waals surface area contributed by atoms with E-state index in [1.807, 2.05) is 0 Å². The van der Waals surface area contributed by atoms with Crippen LogP contribution >= 0.6 is 0 Å². The Kier molecular flexibility index (Phi) is 1.49. The van der Waals surface area contributed by atoms with E-state index in [4.69, 9.17) is 9.52 Å². The Morgan fingerprint density at radius 3 is 2.50 bits per heavy atom. The Labute approximate surface area is 58.3 Å². The summed E-state index contributed by atoms with van der Waals surface area (Å²) in [4.78, 5) is 10.7. The first-order valence-corrected chi connectivity index (χ1v) is 2.91. The van der Waals surface area contributed by atoms with Gasteiger partial charge in [-0.1, -0.05) is 0 Å². The van der Waals surface area contributed by atoms with Crippen molar-refractivity contribution in [1.29, 1.82) is 0 Å². The maximum Gasteiger partial charge on any atom is 0.167 e. The van der Waals surface area contributed by atoms with Gasteiger partial charge in [0.25, 0.3) is 0 Å². The van der Waals surface area contributed by atoms with E-state index in [9.17, 15) is 4.79 Å². The van der Waals surface area contributed by atoms with Crippen LogP contribution in [-0.4, -0.2) is 10.9 Å². The Morgan fingerprint density at radius 1 is 1.70 bits per heavy atom. The zero-order chi connectivity index (χ0) is 7.72. The number of aromatic hydroxyl groups is 1. The lowest BCUT2D eigenvalue weighted by molar-refractivity contribution is 0.101. The Bertz CT molecular complexity index is 240. The molecule has 0 atom stereocenters. The molecule has 0 aliphatic heterocycles. The monoisotopic (exact) mass is 140 g/mol. The summed E-state index contributed by atoms with van der Waals surface area (Å²) in [5.74, 6) is 0.207. The second-order valence-electron chi connectivity index (χ2n) is 2.11. The Morgan fingerprint density at radius 2 is 2.30 bits per heavy atom. The first kappa shape index (κ1) is 6.86.